The van der Waals surface area contributed by atoms with Crippen LogP contribution < -0.4 is 4.74 Å². The molecule has 188 valence electrons. The Hall–Kier alpha value is -2.91. The lowest BCUT2D eigenvalue weighted by Crippen LogP contribution is -2.40. The molecule has 3 aromatic rings. The van der Waals surface area contributed by atoms with Gasteiger partial charge in [0.05, 0.1) is 16.1 Å². The maximum atomic E-state index is 12.8. The second kappa shape index (κ2) is 10.8. The number of thiazole rings is 1. The van der Waals surface area contributed by atoms with E-state index in [0.29, 0.717) is 29.3 Å². The molecule has 0 spiro atoms. The van der Waals surface area contributed by atoms with E-state index in [0.717, 1.165) is 33.8 Å². The molecule has 35 heavy (non-hydrogen) atoms. The first kappa shape index (κ1) is 26.7. The zero-order valence-electron chi connectivity index (χ0n) is 20.0. The molecule has 0 aliphatic carbocycles. The van der Waals surface area contributed by atoms with Gasteiger partial charge in [-0.25, -0.2) is 9.78 Å². The van der Waals surface area contributed by atoms with Crippen LogP contribution in [0.1, 0.15) is 48.0 Å². The quantitative estimate of drug-likeness (QED) is 0.331. The van der Waals surface area contributed by atoms with Crippen LogP contribution in [-0.2, 0) is 35.2 Å². The molecule has 1 heterocycles. The number of alkyl halides is 3. The van der Waals surface area contributed by atoms with Gasteiger partial charge in [0, 0.05) is 18.6 Å². The summed E-state index contributed by atoms with van der Waals surface area (Å²) in [6.07, 6.45) is -3.44. The third-order valence-electron chi connectivity index (χ3n) is 5.72. The highest BCUT2D eigenvalue weighted by molar-refractivity contribution is 7.15. The SMILES string of the molecule is CCO[C@@](C)(Cc1ccc(OCc2sc(-c3ccc(C(F)(F)F)cc3)nc2C)cc1CC)C(=O)O. The molecule has 0 bridgehead atoms. The van der Waals surface area contributed by atoms with Crippen molar-refractivity contribution in [1.29, 1.82) is 0 Å². The van der Waals surface area contributed by atoms with E-state index < -0.39 is 23.3 Å². The van der Waals surface area contributed by atoms with E-state index in [4.69, 9.17) is 9.47 Å². The van der Waals surface area contributed by atoms with E-state index in [1.54, 1.807) is 19.9 Å². The number of carboxylic acid groups (broad SMARTS) is 1. The van der Waals surface area contributed by atoms with Gasteiger partial charge >= 0.3 is 12.1 Å². The standard InChI is InChI=1S/C26H28F3NO4S/c1-5-17-13-21(12-9-19(17)14-25(4,24(31)32)34-6-2)33-15-22-16(3)30-23(35-22)18-7-10-20(11-8-18)26(27,28)29/h7-13H,5-6,14-15H2,1-4H3,(H,31,32)/t25-/m0/s1. The van der Waals surface area contributed by atoms with Gasteiger partial charge < -0.3 is 14.6 Å². The summed E-state index contributed by atoms with van der Waals surface area (Å²) in [5.74, 6) is -0.367. The van der Waals surface area contributed by atoms with Crippen LogP contribution in [0.5, 0.6) is 5.75 Å². The molecular weight excluding hydrogens is 479 g/mol. The van der Waals surface area contributed by atoms with Crippen LogP contribution in [0.3, 0.4) is 0 Å². The molecule has 0 fully saturated rings. The van der Waals surface area contributed by atoms with Gasteiger partial charge in [-0.05, 0) is 62.6 Å². The number of aryl methyl sites for hydroxylation is 2. The van der Waals surface area contributed by atoms with Gasteiger partial charge in [-0.3, -0.25) is 0 Å². The van der Waals surface area contributed by atoms with Gasteiger partial charge in [0.15, 0.2) is 5.60 Å². The van der Waals surface area contributed by atoms with E-state index in [2.05, 4.69) is 4.98 Å². The summed E-state index contributed by atoms with van der Waals surface area (Å²) in [6, 6.07) is 10.5. The van der Waals surface area contributed by atoms with Crippen molar-refractivity contribution in [1.82, 2.24) is 4.98 Å². The van der Waals surface area contributed by atoms with Crippen LogP contribution in [0.2, 0.25) is 0 Å². The predicted octanol–water partition coefficient (Wildman–Crippen LogP) is 6.70. The molecule has 0 aliphatic heterocycles. The van der Waals surface area contributed by atoms with Crippen LogP contribution in [0.15, 0.2) is 42.5 Å². The Morgan fingerprint density at radius 2 is 1.77 bits per heavy atom. The van der Waals surface area contributed by atoms with E-state index in [1.165, 1.54) is 23.5 Å². The average molecular weight is 508 g/mol. The number of halogens is 3. The third kappa shape index (κ3) is 6.41. The minimum absolute atomic E-state index is 0.240. The van der Waals surface area contributed by atoms with Crippen LogP contribution in [0.4, 0.5) is 13.2 Å². The maximum Gasteiger partial charge on any atom is 0.416 e. The zero-order chi connectivity index (χ0) is 25.8. The number of carbonyl (C=O) groups is 1. The summed E-state index contributed by atoms with van der Waals surface area (Å²) in [5, 5.41) is 10.2. The first-order valence-electron chi connectivity index (χ1n) is 11.2. The lowest BCUT2D eigenvalue weighted by atomic mass is 9.92. The molecule has 5 nitrogen and oxygen atoms in total. The highest BCUT2D eigenvalue weighted by Gasteiger charge is 2.34. The molecule has 1 atom stereocenters. The molecule has 0 aliphatic rings. The number of benzene rings is 2. The summed E-state index contributed by atoms with van der Waals surface area (Å²) in [6.45, 7) is 7.73. The first-order valence-corrected chi connectivity index (χ1v) is 12.0. The Balaban J connectivity index is 1.73. The Bertz CT molecular complexity index is 1170. The minimum atomic E-state index is -4.38. The van der Waals surface area contributed by atoms with Gasteiger partial charge in [0.25, 0.3) is 0 Å². The number of carboxylic acids is 1. The lowest BCUT2D eigenvalue weighted by molar-refractivity contribution is -0.162. The van der Waals surface area contributed by atoms with Crippen molar-refractivity contribution in [3.8, 4) is 16.3 Å². The number of aromatic nitrogens is 1. The number of aliphatic carboxylic acids is 1. The number of ether oxygens (including phenoxy) is 2. The van der Waals surface area contributed by atoms with E-state index in [9.17, 15) is 23.1 Å². The lowest BCUT2D eigenvalue weighted by Gasteiger charge is -2.26. The maximum absolute atomic E-state index is 12.8. The molecule has 0 amide bonds. The number of nitrogens with zero attached hydrogens (tertiary/aromatic N) is 1. The molecule has 1 N–H and O–H groups in total. The fourth-order valence-electron chi connectivity index (χ4n) is 3.70. The molecule has 1 aromatic heterocycles. The second-order valence-corrected chi connectivity index (χ2v) is 9.40. The third-order valence-corrected chi connectivity index (χ3v) is 6.90. The van der Waals surface area contributed by atoms with Crippen LogP contribution >= 0.6 is 11.3 Å². The van der Waals surface area contributed by atoms with Crippen LogP contribution in [-0.4, -0.2) is 28.3 Å². The molecule has 0 unspecified atom stereocenters. The molecular formula is C26H28F3NO4S. The largest absolute Gasteiger partial charge is 0.488 e. The summed E-state index contributed by atoms with van der Waals surface area (Å²) in [4.78, 5) is 17.1. The van der Waals surface area contributed by atoms with Crippen molar-refractivity contribution in [2.24, 2.45) is 0 Å². The Morgan fingerprint density at radius 1 is 1.09 bits per heavy atom. The smallest absolute Gasteiger partial charge is 0.416 e. The summed E-state index contributed by atoms with van der Waals surface area (Å²) in [7, 11) is 0. The average Bonchev–Trinajstić information content (AvgIpc) is 3.18. The highest BCUT2D eigenvalue weighted by Crippen LogP contribution is 2.33. The fourth-order valence-corrected chi connectivity index (χ4v) is 4.68. The Morgan fingerprint density at radius 3 is 2.34 bits per heavy atom. The highest BCUT2D eigenvalue weighted by atomic mass is 32.1. The van der Waals surface area contributed by atoms with Crippen LogP contribution in [0, 0.1) is 6.92 Å². The van der Waals surface area contributed by atoms with Crippen molar-refractivity contribution in [3.05, 3.63) is 69.7 Å². The van der Waals surface area contributed by atoms with Crippen molar-refractivity contribution in [2.75, 3.05) is 6.61 Å². The zero-order valence-corrected chi connectivity index (χ0v) is 20.8. The fraction of sp³-hybridized carbons (Fsp3) is 0.385. The normalized spacial score (nSPS) is 13.5. The van der Waals surface area contributed by atoms with Crippen molar-refractivity contribution < 1.29 is 32.5 Å². The van der Waals surface area contributed by atoms with Crippen LogP contribution in [0.25, 0.3) is 10.6 Å². The van der Waals surface area contributed by atoms with Crippen molar-refractivity contribution in [2.45, 2.75) is 58.9 Å². The van der Waals surface area contributed by atoms with Gasteiger partial charge in [-0.1, -0.05) is 25.1 Å². The summed E-state index contributed by atoms with van der Waals surface area (Å²) in [5.41, 5.74) is 1.23. The van der Waals surface area contributed by atoms with E-state index in [1.807, 2.05) is 26.0 Å². The van der Waals surface area contributed by atoms with Gasteiger partial charge in [-0.2, -0.15) is 13.2 Å². The molecule has 0 saturated heterocycles. The molecule has 0 saturated carbocycles. The number of rotatable bonds is 10. The van der Waals surface area contributed by atoms with Crippen molar-refractivity contribution in [3.63, 3.8) is 0 Å². The number of hydrogen-bond acceptors (Lipinski definition) is 5. The monoisotopic (exact) mass is 507 g/mol. The van der Waals surface area contributed by atoms with Gasteiger partial charge in [-0.15, -0.1) is 11.3 Å². The molecule has 3 rings (SSSR count). The molecule has 0 radical (unpaired) electrons. The second-order valence-electron chi connectivity index (χ2n) is 8.32. The Labute approximate surface area is 206 Å². The molecule has 2 aromatic carbocycles. The minimum Gasteiger partial charge on any atom is -0.488 e. The number of hydrogen-bond donors (Lipinski definition) is 1. The summed E-state index contributed by atoms with van der Waals surface area (Å²) < 4.78 is 50.0. The van der Waals surface area contributed by atoms with E-state index in [-0.39, 0.29) is 13.0 Å². The predicted molar refractivity (Wildman–Crippen MR) is 129 cm³/mol. The van der Waals surface area contributed by atoms with Crippen molar-refractivity contribution >= 4 is 17.3 Å². The summed E-state index contributed by atoms with van der Waals surface area (Å²) >= 11 is 1.38. The first-order chi connectivity index (χ1) is 16.5. The van der Waals surface area contributed by atoms with E-state index >= 15 is 0 Å². The Kier molecular flexibility index (Phi) is 8.22. The molecule has 9 heteroatoms. The van der Waals surface area contributed by atoms with Gasteiger partial charge in [0.1, 0.15) is 17.4 Å². The topological polar surface area (TPSA) is 68.7 Å². The van der Waals surface area contributed by atoms with Gasteiger partial charge in [0.2, 0.25) is 0 Å².